The number of nitrogens with zero attached hydrogens (tertiary/aromatic N) is 2. The Kier molecular flexibility index (Phi) is 4.74. The first kappa shape index (κ1) is 15.7. The van der Waals surface area contributed by atoms with E-state index in [1.165, 1.54) is 0 Å². The lowest BCUT2D eigenvalue weighted by molar-refractivity contribution is -0.435. The van der Waals surface area contributed by atoms with Crippen molar-refractivity contribution in [2.24, 2.45) is 5.92 Å². The molecule has 3 N–H and O–H groups in total. The highest BCUT2D eigenvalue weighted by atomic mass is 32.2. The first-order chi connectivity index (χ1) is 9.88. The predicted molar refractivity (Wildman–Crippen MR) is 76.7 cm³/mol. The molecule has 0 aliphatic heterocycles. The lowest BCUT2D eigenvalue weighted by Gasteiger charge is -2.06. The lowest BCUT2D eigenvalue weighted by atomic mass is 10.1. The summed E-state index contributed by atoms with van der Waals surface area (Å²) in [5, 5.41) is 7.15. The van der Waals surface area contributed by atoms with E-state index in [0.717, 1.165) is 6.42 Å². The van der Waals surface area contributed by atoms with Crippen molar-refractivity contribution in [3.05, 3.63) is 41.8 Å². The Morgan fingerprint density at radius 1 is 1.19 bits per heavy atom. The quantitative estimate of drug-likeness (QED) is 0.868. The number of rotatable bonds is 6. The minimum Gasteiger partial charge on any atom is -0.406 e. The van der Waals surface area contributed by atoms with Gasteiger partial charge in [-0.05, 0) is 11.5 Å². The van der Waals surface area contributed by atoms with Crippen LogP contribution in [0.25, 0.3) is 0 Å². The summed E-state index contributed by atoms with van der Waals surface area (Å²) in [4.78, 5) is 0. The molecule has 6 nitrogen and oxygen atoms in total. The Hall–Kier alpha value is -1.73. The van der Waals surface area contributed by atoms with E-state index < -0.39 is 9.84 Å². The van der Waals surface area contributed by atoms with E-state index in [-0.39, 0.29) is 22.9 Å². The van der Waals surface area contributed by atoms with Crippen molar-refractivity contribution in [3.8, 4) is 0 Å². The van der Waals surface area contributed by atoms with Gasteiger partial charge in [-0.15, -0.1) is 5.10 Å². The zero-order valence-corrected chi connectivity index (χ0v) is 13.0. The van der Waals surface area contributed by atoms with Crippen LogP contribution in [0.1, 0.15) is 37.8 Å². The molecule has 1 aromatic heterocycles. The molecule has 0 radical (unpaired) electrons. The molecule has 1 heterocycles. The molecule has 7 heteroatoms. The number of hydrogen-bond donors (Lipinski definition) is 1. The van der Waals surface area contributed by atoms with E-state index >= 15 is 0 Å². The Morgan fingerprint density at radius 3 is 2.48 bits per heavy atom. The van der Waals surface area contributed by atoms with Crippen molar-refractivity contribution in [2.75, 3.05) is 0 Å². The summed E-state index contributed by atoms with van der Waals surface area (Å²) in [5.41, 5.74) is 4.62. The molecule has 0 aliphatic carbocycles. The highest BCUT2D eigenvalue weighted by Crippen LogP contribution is 2.20. The molecule has 0 fully saturated rings. The first-order valence-electron chi connectivity index (χ1n) is 6.81. The molecule has 0 amide bonds. The predicted octanol–water partition coefficient (Wildman–Crippen LogP) is 1.37. The minimum absolute atomic E-state index is 0.151. The molecular weight excluding hydrogens is 290 g/mol. The fourth-order valence-electron chi connectivity index (χ4n) is 2.04. The largest absolute Gasteiger partial charge is 0.406 e. The Labute approximate surface area is 124 Å². The molecule has 2 aromatic rings. The van der Waals surface area contributed by atoms with Gasteiger partial charge < -0.3 is 10.2 Å². The van der Waals surface area contributed by atoms with Crippen LogP contribution in [0.5, 0.6) is 0 Å². The average Bonchev–Trinajstić information content (AvgIpc) is 2.89. The van der Waals surface area contributed by atoms with E-state index in [1.54, 1.807) is 24.3 Å². The van der Waals surface area contributed by atoms with E-state index in [1.807, 2.05) is 6.07 Å². The van der Waals surface area contributed by atoms with Crippen molar-refractivity contribution in [3.63, 3.8) is 0 Å². The van der Waals surface area contributed by atoms with Crippen molar-refractivity contribution < 1.29 is 18.6 Å². The van der Waals surface area contributed by atoms with Gasteiger partial charge in [0.2, 0.25) is 9.84 Å². The Bertz CT molecular complexity index is 680. The molecule has 0 saturated heterocycles. The maximum absolute atomic E-state index is 12.2. The lowest BCUT2D eigenvalue weighted by Crippen LogP contribution is -2.54. The second-order valence-corrected chi connectivity index (χ2v) is 7.34. The fourth-order valence-corrected chi connectivity index (χ4v) is 3.17. The molecule has 21 heavy (non-hydrogen) atoms. The van der Waals surface area contributed by atoms with Crippen molar-refractivity contribution in [1.29, 1.82) is 0 Å². The maximum Gasteiger partial charge on any atom is 0.336 e. The number of hydrogen-bond acceptors (Lipinski definition) is 5. The van der Waals surface area contributed by atoms with Crippen molar-refractivity contribution >= 4 is 9.84 Å². The van der Waals surface area contributed by atoms with Crippen LogP contribution in [0.3, 0.4) is 0 Å². The standard InChI is InChI=1S/C14H19N3O3S/c1-10(2)8-12(15)13-16-17-14(20-13)21(18,19)9-11-6-4-3-5-7-11/h3-7,10,12H,8-9,15H2,1-2H3/p+1/t12-/m0/s1. The number of aromatic nitrogens is 2. The number of benzene rings is 1. The van der Waals surface area contributed by atoms with Gasteiger partial charge in [-0.1, -0.05) is 49.3 Å². The second-order valence-electron chi connectivity index (χ2n) is 5.48. The van der Waals surface area contributed by atoms with Gasteiger partial charge in [-0.25, -0.2) is 8.42 Å². The SMILES string of the molecule is CC(C)C[C@H]([NH3+])c1nnc(S(=O)(=O)Cc2ccccc2)o1. The average molecular weight is 310 g/mol. The van der Waals surface area contributed by atoms with E-state index in [4.69, 9.17) is 4.42 Å². The van der Waals surface area contributed by atoms with Crippen molar-refractivity contribution in [1.82, 2.24) is 10.2 Å². The van der Waals surface area contributed by atoms with Crippen LogP contribution in [0.4, 0.5) is 0 Å². The van der Waals surface area contributed by atoms with Crippen LogP contribution < -0.4 is 5.73 Å². The van der Waals surface area contributed by atoms with Crippen molar-refractivity contribution in [2.45, 2.75) is 37.3 Å². The van der Waals surface area contributed by atoms with Crippen LogP contribution in [0, 0.1) is 5.92 Å². The zero-order chi connectivity index (χ0) is 15.5. The normalized spacial score (nSPS) is 13.5. The molecule has 1 atom stereocenters. The van der Waals surface area contributed by atoms with Gasteiger partial charge in [0.05, 0.1) is 5.75 Å². The Balaban J connectivity index is 2.16. The molecule has 0 spiro atoms. The molecule has 1 aromatic carbocycles. The Morgan fingerprint density at radius 2 is 1.86 bits per heavy atom. The first-order valence-corrected chi connectivity index (χ1v) is 8.47. The topological polar surface area (TPSA) is 101 Å². The van der Waals surface area contributed by atoms with Crippen LogP contribution >= 0.6 is 0 Å². The number of quaternary nitrogens is 1. The summed E-state index contributed by atoms with van der Waals surface area (Å²) < 4.78 is 29.8. The zero-order valence-electron chi connectivity index (χ0n) is 12.2. The third-order valence-corrected chi connectivity index (χ3v) is 4.40. The molecular formula is C14H20N3O3S+. The minimum atomic E-state index is -3.62. The van der Waals surface area contributed by atoms with E-state index in [0.29, 0.717) is 11.5 Å². The monoisotopic (exact) mass is 310 g/mol. The van der Waals surface area contributed by atoms with Gasteiger partial charge in [-0.2, -0.15) is 0 Å². The molecule has 0 bridgehead atoms. The molecule has 0 aliphatic rings. The summed E-state index contributed by atoms with van der Waals surface area (Å²) in [7, 11) is -3.62. The summed E-state index contributed by atoms with van der Waals surface area (Å²) in [5.74, 6) is 0.542. The summed E-state index contributed by atoms with van der Waals surface area (Å²) in [6, 6.07) is 8.71. The van der Waals surface area contributed by atoms with Gasteiger partial charge in [0.1, 0.15) is 0 Å². The second kappa shape index (κ2) is 6.36. The molecule has 0 unspecified atom stereocenters. The third kappa shape index (κ3) is 4.12. The molecule has 2 rings (SSSR count). The number of sulfone groups is 1. The smallest absolute Gasteiger partial charge is 0.336 e. The van der Waals surface area contributed by atoms with Gasteiger partial charge >= 0.3 is 5.22 Å². The molecule has 114 valence electrons. The van der Waals surface area contributed by atoms with Crippen LogP contribution in [0.2, 0.25) is 0 Å². The maximum atomic E-state index is 12.2. The third-order valence-electron chi connectivity index (χ3n) is 2.99. The highest BCUT2D eigenvalue weighted by molar-refractivity contribution is 7.90. The summed E-state index contributed by atoms with van der Waals surface area (Å²) in [6.45, 7) is 4.11. The van der Waals surface area contributed by atoms with E-state index in [2.05, 4.69) is 29.8 Å². The van der Waals surface area contributed by atoms with E-state index in [9.17, 15) is 8.42 Å². The highest BCUT2D eigenvalue weighted by Gasteiger charge is 2.26. The fraction of sp³-hybridized carbons (Fsp3) is 0.429. The van der Waals surface area contributed by atoms with Crippen LogP contribution in [-0.4, -0.2) is 18.6 Å². The van der Waals surface area contributed by atoms with Gasteiger partial charge in [-0.3, -0.25) is 0 Å². The molecule has 0 saturated carbocycles. The van der Waals surface area contributed by atoms with Gasteiger partial charge in [0, 0.05) is 6.42 Å². The summed E-state index contributed by atoms with van der Waals surface area (Å²) in [6.07, 6.45) is 0.764. The van der Waals surface area contributed by atoms with Gasteiger partial charge in [0.15, 0.2) is 6.04 Å². The summed E-state index contributed by atoms with van der Waals surface area (Å²) >= 11 is 0. The van der Waals surface area contributed by atoms with Gasteiger partial charge in [0.25, 0.3) is 5.89 Å². The van der Waals surface area contributed by atoms with Crippen LogP contribution in [-0.2, 0) is 15.6 Å². The van der Waals surface area contributed by atoms with Crippen LogP contribution in [0.15, 0.2) is 40.0 Å².